The molecule has 0 bridgehead atoms. The first-order valence-electron chi connectivity index (χ1n) is 19.2. The van der Waals surface area contributed by atoms with Crippen LogP contribution >= 0.6 is 23.2 Å². The van der Waals surface area contributed by atoms with Gasteiger partial charge in [-0.15, -0.1) is 0 Å². The number of hydrogen-bond donors (Lipinski definition) is 5. The lowest BCUT2D eigenvalue weighted by atomic mass is 9.55. The lowest BCUT2D eigenvalue weighted by Crippen LogP contribution is -2.60. The lowest BCUT2D eigenvalue weighted by Gasteiger charge is -2.47. The fourth-order valence-corrected chi connectivity index (χ4v) is 10.3. The van der Waals surface area contributed by atoms with Gasteiger partial charge in [-0.2, -0.15) is 0 Å². The van der Waals surface area contributed by atoms with Crippen molar-refractivity contribution in [2.45, 2.75) is 73.9 Å². The quantitative estimate of drug-likeness (QED) is 0.145. The third-order valence-corrected chi connectivity index (χ3v) is 13.0. The van der Waals surface area contributed by atoms with E-state index in [1.165, 1.54) is 48.5 Å². The van der Waals surface area contributed by atoms with Crippen LogP contribution in [0.1, 0.15) is 93.1 Å². The Labute approximate surface area is 346 Å². The number of rotatable bonds is 6. The number of anilines is 3. The van der Waals surface area contributed by atoms with Gasteiger partial charge in [0.2, 0.25) is 23.6 Å². The summed E-state index contributed by atoms with van der Waals surface area (Å²) in [6, 6.07) is 17.7. The first kappa shape index (κ1) is 38.6. The smallest absolute Gasteiger partial charge is 0.264 e. The Morgan fingerprint density at radius 1 is 0.831 bits per heavy atom. The van der Waals surface area contributed by atoms with Crippen LogP contribution in [0.25, 0.3) is 0 Å². The zero-order valence-electron chi connectivity index (χ0n) is 31.1. The molecule has 0 aromatic heterocycles. The Morgan fingerprint density at radius 2 is 1.58 bits per heavy atom. The molecule has 16 heteroatoms. The van der Waals surface area contributed by atoms with Crippen molar-refractivity contribution in [2.24, 2.45) is 0 Å². The number of halogens is 3. The van der Waals surface area contributed by atoms with Crippen LogP contribution in [0.2, 0.25) is 10.0 Å². The molecule has 4 heterocycles. The van der Waals surface area contributed by atoms with Gasteiger partial charge in [0, 0.05) is 39.8 Å². The number of nitrogens with zero attached hydrogens (tertiary/aromatic N) is 1. The van der Waals surface area contributed by atoms with Gasteiger partial charge in [0.25, 0.3) is 17.7 Å². The number of imide groups is 2. The van der Waals surface area contributed by atoms with Crippen LogP contribution in [0.5, 0.6) is 0 Å². The van der Waals surface area contributed by atoms with Gasteiger partial charge in [-0.3, -0.25) is 49.1 Å². The average molecular weight is 838 g/mol. The summed E-state index contributed by atoms with van der Waals surface area (Å²) in [6.07, 6.45) is 3.54. The van der Waals surface area contributed by atoms with Crippen LogP contribution < -0.4 is 26.6 Å². The number of piperidine rings is 1. The molecule has 7 amide bonds. The highest BCUT2D eigenvalue weighted by molar-refractivity contribution is 6.31. The molecule has 2 spiro atoms. The maximum absolute atomic E-state index is 16.3. The van der Waals surface area contributed by atoms with E-state index in [1.54, 1.807) is 30.3 Å². The normalized spacial score (nSPS) is 24.2. The number of benzene rings is 4. The number of carbonyl (C=O) groups is 7. The van der Waals surface area contributed by atoms with E-state index in [-0.39, 0.29) is 51.7 Å². The van der Waals surface area contributed by atoms with Crippen molar-refractivity contribution in [3.63, 3.8) is 0 Å². The SMILES string of the molecule is O=C1CCC(N2C(=O)c3cccc(NC(=O)c4ccc(NC(=O)[C@@H]5NC6(CCCCC6)[C@@]6(C(=O)Nc7cc(Cl)ccc76)[C@H]5c5cccc(Cl)c5F)cc4)c3C2=O)C(=O)N1. The molecule has 5 aliphatic rings. The van der Waals surface area contributed by atoms with Crippen molar-refractivity contribution in [2.75, 3.05) is 16.0 Å². The maximum atomic E-state index is 16.3. The van der Waals surface area contributed by atoms with E-state index >= 15 is 4.39 Å². The first-order valence-corrected chi connectivity index (χ1v) is 20.0. The molecule has 2 saturated heterocycles. The minimum atomic E-state index is -1.41. The highest BCUT2D eigenvalue weighted by Gasteiger charge is 2.72. The fourth-order valence-electron chi connectivity index (χ4n) is 9.96. The van der Waals surface area contributed by atoms with Crippen molar-refractivity contribution in [3.8, 4) is 0 Å². The summed E-state index contributed by atoms with van der Waals surface area (Å²) in [5.74, 6) is -6.03. The largest absolute Gasteiger partial charge is 0.325 e. The minimum absolute atomic E-state index is 0.00574. The molecule has 4 aromatic carbocycles. The summed E-state index contributed by atoms with van der Waals surface area (Å²) in [4.78, 5) is 94.6. The predicted molar refractivity (Wildman–Crippen MR) is 215 cm³/mol. The number of nitrogens with one attached hydrogen (secondary N) is 5. The van der Waals surface area contributed by atoms with Crippen molar-refractivity contribution in [3.05, 3.63) is 123 Å². The van der Waals surface area contributed by atoms with E-state index in [9.17, 15) is 33.6 Å². The molecule has 4 aromatic rings. The Bertz CT molecular complexity index is 2540. The highest BCUT2D eigenvalue weighted by Crippen LogP contribution is 2.63. The molecule has 300 valence electrons. The standard InChI is InChI=1S/C43H35Cl2FN6O7/c44-22-12-15-26-29(20-22)49-41(59)43(26)33(25-7-4-8-27(45)34(25)46)35(51-42(43)18-2-1-3-19-42)38(56)47-23-13-10-21(11-14-23)36(54)48-28-9-5-6-24-32(28)40(58)52(39(24)57)30-16-17-31(53)50-37(30)55/h4-15,20,30,33,35,51H,1-3,16-19H2,(H,47,56)(H,48,54)(H,49,59)(H,50,53,55)/t30?,33-,35+,43+/m0/s1. The first-order chi connectivity index (χ1) is 28.3. The molecule has 4 aliphatic heterocycles. The van der Waals surface area contributed by atoms with Gasteiger partial charge in [0.15, 0.2) is 0 Å². The zero-order valence-corrected chi connectivity index (χ0v) is 32.6. The van der Waals surface area contributed by atoms with Gasteiger partial charge in [-0.05, 0) is 85.0 Å². The van der Waals surface area contributed by atoms with Crippen LogP contribution in [-0.2, 0) is 24.6 Å². The number of hydrogen-bond acceptors (Lipinski definition) is 8. The summed E-state index contributed by atoms with van der Waals surface area (Å²) >= 11 is 12.7. The molecule has 1 saturated carbocycles. The van der Waals surface area contributed by atoms with E-state index < -0.39 is 70.2 Å². The van der Waals surface area contributed by atoms with E-state index in [0.29, 0.717) is 34.8 Å². The molecule has 59 heavy (non-hydrogen) atoms. The van der Waals surface area contributed by atoms with Crippen LogP contribution in [0.3, 0.4) is 0 Å². The van der Waals surface area contributed by atoms with Crippen LogP contribution in [0.4, 0.5) is 21.5 Å². The van der Waals surface area contributed by atoms with Crippen molar-refractivity contribution < 1.29 is 38.0 Å². The number of fused-ring (bicyclic) bond motifs is 4. The summed E-state index contributed by atoms with van der Waals surface area (Å²) in [5, 5.41) is 14.6. The van der Waals surface area contributed by atoms with Gasteiger partial charge in [-0.1, -0.05) is 66.7 Å². The average Bonchev–Trinajstić information content (AvgIpc) is 3.77. The summed E-state index contributed by atoms with van der Waals surface area (Å²) in [6.45, 7) is 0. The van der Waals surface area contributed by atoms with E-state index in [4.69, 9.17) is 23.2 Å². The van der Waals surface area contributed by atoms with Crippen molar-refractivity contribution >= 4 is 81.6 Å². The van der Waals surface area contributed by atoms with Crippen LogP contribution in [0.15, 0.2) is 78.9 Å². The summed E-state index contributed by atoms with van der Waals surface area (Å²) in [7, 11) is 0. The second-order valence-electron chi connectivity index (χ2n) is 15.5. The third-order valence-electron chi connectivity index (χ3n) is 12.4. The third kappa shape index (κ3) is 5.95. The molecule has 13 nitrogen and oxygen atoms in total. The molecular formula is C43H35Cl2FN6O7. The highest BCUT2D eigenvalue weighted by atomic mass is 35.5. The molecular weight excluding hydrogens is 802 g/mol. The maximum Gasteiger partial charge on any atom is 0.264 e. The van der Waals surface area contributed by atoms with Gasteiger partial charge in [0.05, 0.1) is 27.9 Å². The lowest BCUT2D eigenvalue weighted by molar-refractivity contribution is -0.136. The van der Waals surface area contributed by atoms with E-state index in [1.807, 2.05) is 0 Å². The van der Waals surface area contributed by atoms with Gasteiger partial charge >= 0.3 is 0 Å². The minimum Gasteiger partial charge on any atom is -0.325 e. The number of amides is 7. The monoisotopic (exact) mass is 836 g/mol. The fraction of sp³-hybridized carbons (Fsp3) is 0.279. The summed E-state index contributed by atoms with van der Waals surface area (Å²) < 4.78 is 16.3. The molecule has 4 atom stereocenters. The van der Waals surface area contributed by atoms with E-state index in [2.05, 4.69) is 26.6 Å². The topological polar surface area (TPSA) is 183 Å². The van der Waals surface area contributed by atoms with Crippen LogP contribution in [0, 0.1) is 5.82 Å². The molecule has 1 aliphatic carbocycles. The molecule has 3 fully saturated rings. The zero-order chi connectivity index (χ0) is 41.4. The molecule has 1 unspecified atom stereocenters. The van der Waals surface area contributed by atoms with Crippen LogP contribution in [-0.4, -0.2) is 63.9 Å². The predicted octanol–water partition coefficient (Wildman–Crippen LogP) is 6.07. The summed E-state index contributed by atoms with van der Waals surface area (Å²) in [5.41, 5.74) is -0.673. The Hall–Kier alpha value is -5.96. The Morgan fingerprint density at radius 3 is 2.32 bits per heavy atom. The van der Waals surface area contributed by atoms with Crippen molar-refractivity contribution in [1.29, 1.82) is 0 Å². The second kappa shape index (κ2) is 14.4. The molecule has 0 radical (unpaired) electrons. The van der Waals surface area contributed by atoms with Gasteiger partial charge in [0.1, 0.15) is 17.3 Å². The van der Waals surface area contributed by atoms with Gasteiger partial charge < -0.3 is 16.0 Å². The van der Waals surface area contributed by atoms with Crippen molar-refractivity contribution in [1.82, 2.24) is 15.5 Å². The van der Waals surface area contributed by atoms with Gasteiger partial charge in [-0.25, -0.2) is 4.39 Å². The molecule has 9 rings (SSSR count). The Kier molecular flexibility index (Phi) is 9.41. The van der Waals surface area contributed by atoms with E-state index in [0.717, 1.165) is 24.2 Å². The Balaban J connectivity index is 0.995. The molecule has 5 N–H and O–H groups in total. The second-order valence-corrected chi connectivity index (χ2v) is 16.4. The number of carbonyl (C=O) groups excluding carboxylic acids is 7.